The fraction of sp³-hybridized carbons (Fsp3) is 0.0526. The number of hydrogen-bond donors (Lipinski definition) is 1. The van der Waals surface area contributed by atoms with Crippen LogP contribution >= 0.6 is 11.6 Å². The zero-order chi connectivity index (χ0) is 17.9. The van der Waals surface area contributed by atoms with Crippen molar-refractivity contribution in [3.05, 3.63) is 66.3 Å². The largest absolute Gasteiger partial charge is 0.496 e. The molecule has 0 radical (unpaired) electrons. The maximum atomic E-state index is 6.40. The molecule has 0 saturated carbocycles. The first kappa shape index (κ1) is 16.2. The summed E-state index contributed by atoms with van der Waals surface area (Å²) in [5, 5.41) is 3.54. The van der Waals surface area contributed by atoms with Gasteiger partial charge in [0.1, 0.15) is 5.75 Å². The van der Waals surface area contributed by atoms with Crippen molar-refractivity contribution in [1.29, 1.82) is 0 Å². The van der Waals surface area contributed by atoms with Crippen molar-refractivity contribution in [2.45, 2.75) is 0 Å². The number of nitrogens with one attached hydrogen (secondary N) is 1. The molecule has 0 atom stereocenters. The third-order valence-electron chi connectivity index (χ3n) is 3.79. The average molecular weight is 368 g/mol. The topological polar surface area (TPSA) is 73.3 Å². The Labute approximate surface area is 154 Å². The summed E-state index contributed by atoms with van der Waals surface area (Å²) in [5.74, 6) is 1.82. The van der Waals surface area contributed by atoms with E-state index in [-0.39, 0.29) is 0 Å². The first-order valence-electron chi connectivity index (χ1n) is 7.79. The van der Waals surface area contributed by atoms with Crippen LogP contribution in [0.4, 0.5) is 11.7 Å². The summed E-state index contributed by atoms with van der Waals surface area (Å²) in [5.41, 5.74) is 2.25. The lowest BCUT2D eigenvalue weighted by molar-refractivity contribution is 0.415. The highest BCUT2D eigenvalue weighted by Gasteiger charge is 2.15. The van der Waals surface area contributed by atoms with Gasteiger partial charge in [-0.1, -0.05) is 41.9 Å². The molecule has 0 aliphatic heterocycles. The Balaban J connectivity index is 1.64. The molecule has 0 saturated heterocycles. The minimum absolute atomic E-state index is 0.334. The lowest BCUT2D eigenvalue weighted by atomic mass is 10.1. The Kier molecular flexibility index (Phi) is 4.33. The molecule has 0 unspecified atom stereocenters. The van der Waals surface area contributed by atoms with Crippen LogP contribution in [-0.2, 0) is 0 Å². The van der Waals surface area contributed by atoms with Crippen LogP contribution in [-0.4, -0.2) is 17.1 Å². The molecule has 0 amide bonds. The fourth-order valence-corrected chi connectivity index (χ4v) is 2.75. The van der Waals surface area contributed by atoms with E-state index in [0.29, 0.717) is 39.6 Å². The zero-order valence-corrected chi connectivity index (χ0v) is 14.5. The molecule has 4 aromatic rings. The van der Waals surface area contributed by atoms with E-state index in [0.717, 1.165) is 5.56 Å². The number of anilines is 2. The van der Waals surface area contributed by atoms with E-state index >= 15 is 0 Å². The minimum Gasteiger partial charge on any atom is -0.496 e. The van der Waals surface area contributed by atoms with E-state index in [4.69, 9.17) is 25.2 Å². The van der Waals surface area contributed by atoms with Gasteiger partial charge in [0.05, 0.1) is 35.8 Å². The molecule has 0 aliphatic rings. The van der Waals surface area contributed by atoms with Gasteiger partial charge in [-0.2, -0.15) is 0 Å². The average Bonchev–Trinajstić information content (AvgIpc) is 3.36. The molecular weight excluding hydrogens is 354 g/mol. The van der Waals surface area contributed by atoms with Gasteiger partial charge in [0.25, 0.3) is 6.01 Å². The number of oxazole rings is 2. The molecule has 0 fully saturated rings. The van der Waals surface area contributed by atoms with E-state index in [1.165, 1.54) is 6.39 Å². The summed E-state index contributed by atoms with van der Waals surface area (Å²) in [4.78, 5) is 8.17. The number of rotatable bonds is 5. The Morgan fingerprint density at radius 2 is 1.92 bits per heavy atom. The van der Waals surface area contributed by atoms with Crippen LogP contribution < -0.4 is 10.1 Å². The van der Waals surface area contributed by atoms with E-state index in [2.05, 4.69) is 15.3 Å². The monoisotopic (exact) mass is 367 g/mol. The van der Waals surface area contributed by atoms with Crippen molar-refractivity contribution in [3.8, 4) is 28.4 Å². The third kappa shape index (κ3) is 3.14. The van der Waals surface area contributed by atoms with Crippen molar-refractivity contribution in [2.75, 3.05) is 12.4 Å². The van der Waals surface area contributed by atoms with Gasteiger partial charge in [-0.3, -0.25) is 0 Å². The predicted molar refractivity (Wildman–Crippen MR) is 98.7 cm³/mol. The summed E-state index contributed by atoms with van der Waals surface area (Å²) in [6.07, 6.45) is 4.61. The Morgan fingerprint density at radius 1 is 1.08 bits per heavy atom. The van der Waals surface area contributed by atoms with Crippen LogP contribution in [0.5, 0.6) is 5.75 Å². The molecule has 2 aromatic heterocycles. The van der Waals surface area contributed by atoms with Gasteiger partial charge in [-0.25, -0.2) is 9.97 Å². The van der Waals surface area contributed by atoms with Crippen molar-refractivity contribution in [2.24, 2.45) is 0 Å². The summed E-state index contributed by atoms with van der Waals surface area (Å²) < 4.78 is 16.5. The molecule has 26 heavy (non-hydrogen) atoms. The van der Waals surface area contributed by atoms with E-state index in [9.17, 15) is 0 Å². The maximum absolute atomic E-state index is 6.40. The highest BCUT2D eigenvalue weighted by molar-refractivity contribution is 6.33. The van der Waals surface area contributed by atoms with Gasteiger partial charge in [-0.15, -0.1) is 0 Å². The number of halogens is 1. The predicted octanol–water partition coefficient (Wildman–Crippen LogP) is 5.40. The number of hydrogen-bond acceptors (Lipinski definition) is 6. The van der Waals surface area contributed by atoms with Gasteiger partial charge < -0.3 is 18.9 Å². The van der Waals surface area contributed by atoms with E-state index in [1.807, 2.05) is 30.3 Å². The molecule has 130 valence electrons. The van der Waals surface area contributed by atoms with Crippen molar-refractivity contribution < 1.29 is 13.6 Å². The fourth-order valence-electron chi connectivity index (χ4n) is 2.54. The molecule has 0 spiro atoms. The number of methoxy groups -OCH3 is 1. The summed E-state index contributed by atoms with van der Waals surface area (Å²) >= 11 is 6.40. The van der Waals surface area contributed by atoms with Gasteiger partial charge in [-0.05, 0) is 6.07 Å². The number of nitrogens with zero attached hydrogens (tertiary/aromatic N) is 2. The molecule has 6 nitrogen and oxygen atoms in total. The SMILES string of the molecule is COc1cc(Nc2ncc(-c3ccccc3)o2)c(Cl)cc1-c1cnco1. The van der Waals surface area contributed by atoms with Crippen LogP contribution in [0.2, 0.25) is 5.02 Å². The molecule has 4 rings (SSSR count). The van der Waals surface area contributed by atoms with Crippen LogP contribution in [0.3, 0.4) is 0 Å². The summed E-state index contributed by atoms with van der Waals surface area (Å²) in [6.45, 7) is 0. The Hall–Kier alpha value is -3.25. The van der Waals surface area contributed by atoms with E-state index < -0.39 is 0 Å². The number of benzene rings is 2. The van der Waals surface area contributed by atoms with Crippen LogP contribution in [0.25, 0.3) is 22.6 Å². The molecule has 2 heterocycles. The van der Waals surface area contributed by atoms with Gasteiger partial charge in [0, 0.05) is 11.6 Å². The molecule has 0 bridgehead atoms. The second-order valence-electron chi connectivity index (χ2n) is 5.42. The standard InChI is InChI=1S/C19H14ClN3O3/c1-24-16-8-15(14(20)7-13(16)18-9-21-11-25-18)23-19-22-10-17(26-19)12-5-3-2-4-6-12/h2-11H,1H3,(H,22,23). The van der Waals surface area contributed by atoms with Crippen molar-refractivity contribution in [1.82, 2.24) is 9.97 Å². The van der Waals surface area contributed by atoms with Crippen molar-refractivity contribution >= 4 is 23.3 Å². The summed E-state index contributed by atoms with van der Waals surface area (Å²) in [7, 11) is 1.57. The van der Waals surface area contributed by atoms with Crippen LogP contribution in [0.15, 0.2) is 70.1 Å². The lowest BCUT2D eigenvalue weighted by Gasteiger charge is -2.11. The molecule has 7 heteroatoms. The first-order chi connectivity index (χ1) is 12.7. The van der Waals surface area contributed by atoms with Crippen LogP contribution in [0.1, 0.15) is 0 Å². The lowest BCUT2D eigenvalue weighted by Crippen LogP contribution is -1.94. The minimum atomic E-state index is 0.334. The zero-order valence-electron chi connectivity index (χ0n) is 13.8. The molecule has 2 aromatic carbocycles. The maximum Gasteiger partial charge on any atom is 0.299 e. The second kappa shape index (κ2) is 6.93. The molecule has 0 aliphatic carbocycles. The third-order valence-corrected chi connectivity index (χ3v) is 4.11. The smallest absolute Gasteiger partial charge is 0.299 e. The molecule has 1 N–H and O–H groups in total. The molecular formula is C19H14ClN3O3. The second-order valence-corrected chi connectivity index (χ2v) is 5.83. The van der Waals surface area contributed by atoms with Gasteiger partial charge in [0.2, 0.25) is 0 Å². The normalized spacial score (nSPS) is 10.7. The van der Waals surface area contributed by atoms with E-state index in [1.54, 1.807) is 31.6 Å². The Bertz CT molecular complexity index is 1010. The Morgan fingerprint density at radius 3 is 2.65 bits per heavy atom. The van der Waals surface area contributed by atoms with Gasteiger partial charge in [0.15, 0.2) is 17.9 Å². The van der Waals surface area contributed by atoms with Crippen LogP contribution in [0, 0.1) is 0 Å². The van der Waals surface area contributed by atoms with Gasteiger partial charge >= 0.3 is 0 Å². The van der Waals surface area contributed by atoms with Crippen molar-refractivity contribution in [3.63, 3.8) is 0 Å². The highest BCUT2D eigenvalue weighted by atomic mass is 35.5. The quantitative estimate of drug-likeness (QED) is 0.509. The summed E-state index contributed by atoms with van der Waals surface area (Å²) in [6, 6.07) is 13.6. The first-order valence-corrected chi connectivity index (χ1v) is 8.17. The highest BCUT2D eigenvalue weighted by Crippen LogP contribution is 2.38. The number of aromatic nitrogens is 2. The number of ether oxygens (including phenoxy) is 1.